The zero-order valence-electron chi connectivity index (χ0n) is 12.1. The first-order valence-electron chi connectivity index (χ1n) is 7.10. The molecule has 5 heteroatoms. The van der Waals surface area contributed by atoms with Gasteiger partial charge in [-0.15, -0.1) is 0 Å². The number of aromatic nitrogens is 2. The number of nitrogens with zero attached hydrogens (tertiary/aromatic N) is 2. The number of halogens is 1. The van der Waals surface area contributed by atoms with Gasteiger partial charge in [0.2, 0.25) is 0 Å². The van der Waals surface area contributed by atoms with Crippen LogP contribution in [-0.4, -0.2) is 16.3 Å². The van der Waals surface area contributed by atoms with Gasteiger partial charge in [-0.05, 0) is 31.2 Å². The average Bonchev–Trinajstić information content (AvgIpc) is 3.07. The molecule has 0 fully saturated rings. The Labute approximate surface area is 128 Å². The zero-order valence-corrected chi connectivity index (χ0v) is 12.9. The number of benzene rings is 1. The predicted molar refractivity (Wildman–Crippen MR) is 84.6 cm³/mol. The van der Waals surface area contributed by atoms with Gasteiger partial charge in [0, 0.05) is 18.6 Å². The fraction of sp³-hybridized carbons (Fsp3) is 0.312. The highest BCUT2D eigenvalue weighted by Crippen LogP contribution is 2.31. The highest BCUT2D eigenvalue weighted by atomic mass is 35.5. The van der Waals surface area contributed by atoms with Crippen LogP contribution in [0.15, 0.2) is 40.9 Å². The molecular formula is C16H18ClN3O. The van der Waals surface area contributed by atoms with E-state index >= 15 is 0 Å². The van der Waals surface area contributed by atoms with E-state index in [4.69, 9.17) is 16.0 Å². The van der Waals surface area contributed by atoms with Gasteiger partial charge in [0.15, 0.2) is 5.58 Å². The molecule has 0 amide bonds. The second-order valence-electron chi connectivity index (χ2n) is 5.07. The molecule has 1 unspecified atom stereocenters. The van der Waals surface area contributed by atoms with Crippen molar-refractivity contribution in [3.8, 4) is 0 Å². The van der Waals surface area contributed by atoms with Crippen molar-refractivity contribution in [2.75, 3.05) is 6.54 Å². The molecule has 0 aliphatic rings. The Morgan fingerprint density at radius 3 is 2.90 bits per heavy atom. The molecule has 110 valence electrons. The van der Waals surface area contributed by atoms with E-state index in [9.17, 15) is 0 Å². The number of aryl methyl sites for hydroxylation is 1. The first kappa shape index (κ1) is 14.2. The Balaban J connectivity index is 2.05. The topological polar surface area (TPSA) is 43.0 Å². The number of fused-ring (bicyclic) bond motifs is 1. The molecule has 4 nitrogen and oxygen atoms in total. The molecule has 1 atom stereocenters. The molecule has 1 N–H and O–H groups in total. The summed E-state index contributed by atoms with van der Waals surface area (Å²) in [5.41, 5.74) is 1.80. The summed E-state index contributed by atoms with van der Waals surface area (Å²) in [6.45, 7) is 3.05. The average molecular weight is 304 g/mol. The third-order valence-electron chi connectivity index (χ3n) is 3.55. The van der Waals surface area contributed by atoms with Gasteiger partial charge in [-0.25, -0.2) is 0 Å². The maximum atomic E-state index is 6.20. The first-order valence-corrected chi connectivity index (χ1v) is 7.47. The molecule has 3 aromatic rings. The Hall–Kier alpha value is -1.78. The van der Waals surface area contributed by atoms with Crippen LogP contribution in [0, 0.1) is 0 Å². The van der Waals surface area contributed by atoms with Crippen LogP contribution in [-0.2, 0) is 7.05 Å². The van der Waals surface area contributed by atoms with Crippen LogP contribution in [0.5, 0.6) is 0 Å². The fourth-order valence-electron chi connectivity index (χ4n) is 2.50. The lowest BCUT2D eigenvalue weighted by Crippen LogP contribution is -2.24. The van der Waals surface area contributed by atoms with Crippen molar-refractivity contribution in [2.24, 2.45) is 7.05 Å². The minimum atomic E-state index is -0.0269. The van der Waals surface area contributed by atoms with E-state index in [0.717, 1.165) is 35.4 Å². The molecule has 2 heterocycles. The fourth-order valence-corrected chi connectivity index (χ4v) is 2.72. The van der Waals surface area contributed by atoms with Crippen molar-refractivity contribution in [1.29, 1.82) is 0 Å². The van der Waals surface area contributed by atoms with Gasteiger partial charge in [-0.2, -0.15) is 5.10 Å². The van der Waals surface area contributed by atoms with Crippen molar-refractivity contribution in [1.82, 2.24) is 15.1 Å². The summed E-state index contributed by atoms with van der Waals surface area (Å²) >= 11 is 6.20. The largest absolute Gasteiger partial charge is 0.457 e. The number of nitrogens with one attached hydrogen (secondary N) is 1. The maximum absolute atomic E-state index is 6.20. The number of furan rings is 1. The van der Waals surface area contributed by atoms with Gasteiger partial charge in [0.25, 0.3) is 0 Å². The molecule has 0 aliphatic carbocycles. The molecule has 0 aliphatic heterocycles. The van der Waals surface area contributed by atoms with Crippen molar-refractivity contribution in [3.05, 3.63) is 53.0 Å². The third kappa shape index (κ3) is 2.69. The number of hydrogen-bond acceptors (Lipinski definition) is 3. The lowest BCUT2D eigenvalue weighted by atomic mass is 10.1. The molecule has 0 bridgehead atoms. The minimum absolute atomic E-state index is 0.0269. The normalized spacial score (nSPS) is 12.9. The van der Waals surface area contributed by atoms with Gasteiger partial charge in [-0.3, -0.25) is 4.68 Å². The van der Waals surface area contributed by atoms with Crippen LogP contribution in [0.3, 0.4) is 0 Å². The lowest BCUT2D eigenvalue weighted by Gasteiger charge is -2.16. The van der Waals surface area contributed by atoms with Gasteiger partial charge in [-0.1, -0.05) is 30.7 Å². The van der Waals surface area contributed by atoms with Crippen LogP contribution in [0.4, 0.5) is 0 Å². The van der Waals surface area contributed by atoms with Crippen LogP contribution in [0.2, 0.25) is 5.02 Å². The monoisotopic (exact) mass is 303 g/mol. The summed E-state index contributed by atoms with van der Waals surface area (Å²) < 4.78 is 7.86. The molecular weight excluding hydrogens is 286 g/mol. The van der Waals surface area contributed by atoms with E-state index < -0.39 is 0 Å². The molecule has 21 heavy (non-hydrogen) atoms. The van der Waals surface area contributed by atoms with Crippen LogP contribution < -0.4 is 5.32 Å². The van der Waals surface area contributed by atoms with Crippen molar-refractivity contribution in [3.63, 3.8) is 0 Å². The molecule has 1 aromatic carbocycles. The lowest BCUT2D eigenvalue weighted by molar-refractivity contribution is 0.452. The zero-order chi connectivity index (χ0) is 14.8. The van der Waals surface area contributed by atoms with Crippen molar-refractivity contribution in [2.45, 2.75) is 19.4 Å². The summed E-state index contributed by atoms with van der Waals surface area (Å²) in [4.78, 5) is 0. The number of hydrogen-bond donors (Lipinski definition) is 1. The van der Waals surface area contributed by atoms with Gasteiger partial charge >= 0.3 is 0 Å². The molecule has 0 saturated heterocycles. The highest BCUT2D eigenvalue weighted by Gasteiger charge is 2.21. The number of rotatable bonds is 5. The Bertz CT molecular complexity index is 747. The molecule has 0 radical (unpaired) electrons. The maximum Gasteiger partial charge on any atom is 0.152 e. The summed E-state index contributed by atoms with van der Waals surface area (Å²) in [6, 6.07) is 9.80. The van der Waals surface area contributed by atoms with Crippen molar-refractivity contribution >= 4 is 22.6 Å². The summed E-state index contributed by atoms with van der Waals surface area (Å²) in [5, 5.41) is 9.42. The van der Waals surface area contributed by atoms with E-state index in [0.29, 0.717) is 5.02 Å². The van der Waals surface area contributed by atoms with Crippen LogP contribution >= 0.6 is 11.6 Å². The van der Waals surface area contributed by atoms with Gasteiger partial charge < -0.3 is 9.73 Å². The summed E-state index contributed by atoms with van der Waals surface area (Å²) in [6.07, 6.45) is 2.85. The van der Waals surface area contributed by atoms with E-state index in [1.54, 1.807) is 6.20 Å². The Morgan fingerprint density at radius 2 is 2.24 bits per heavy atom. The quantitative estimate of drug-likeness (QED) is 0.777. The van der Waals surface area contributed by atoms with E-state index in [2.05, 4.69) is 17.3 Å². The smallest absolute Gasteiger partial charge is 0.152 e. The third-order valence-corrected chi connectivity index (χ3v) is 3.85. The van der Waals surface area contributed by atoms with E-state index in [-0.39, 0.29) is 6.04 Å². The highest BCUT2D eigenvalue weighted by molar-refractivity contribution is 6.34. The molecule has 3 rings (SSSR count). The van der Waals surface area contributed by atoms with Crippen molar-refractivity contribution < 1.29 is 4.42 Å². The molecule has 2 aromatic heterocycles. The summed E-state index contributed by atoms with van der Waals surface area (Å²) in [7, 11) is 1.94. The van der Waals surface area contributed by atoms with Crippen LogP contribution in [0.25, 0.3) is 11.0 Å². The Morgan fingerprint density at radius 1 is 1.38 bits per heavy atom. The Kier molecular flexibility index (Phi) is 3.99. The predicted octanol–water partition coefficient (Wildman–Crippen LogP) is 3.91. The van der Waals surface area contributed by atoms with Gasteiger partial charge in [0.1, 0.15) is 11.8 Å². The SMILES string of the molecule is CCCNC(c1cc2cccc(Cl)c2o1)c1ccnn1C. The first-order chi connectivity index (χ1) is 10.2. The molecule has 0 spiro atoms. The minimum Gasteiger partial charge on any atom is -0.457 e. The second kappa shape index (κ2) is 5.92. The van der Waals surface area contributed by atoms with Gasteiger partial charge in [0.05, 0.1) is 10.7 Å². The van der Waals surface area contributed by atoms with Crippen LogP contribution in [0.1, 0.15) is 30.8 Å². The summed E-state index contributed by atoms with van der Waals surface area (Å²) in [5.74, 6) is 0.857. The van der Waals surface area contributed by atoms with E-state index in [1.165, 1.54) is 0 Å². The standard InChI is InChI=1S/C16H18ClN3O/c1-3-8-18-15(13-7-9-19-20(13)2)14-10-11-5-4-6-12(17)16(11)21-14/h4-7,9-10,15,18H,3,8H2,1-2H3. The van der Waals surface area contributed by atoms with E-state index in [1.807, 2.05) is 42.1 Å². The second-order valence-corrected chi connectivity index (χ2v) is 5.48. The number of para-hydroxylation sites is 1. The molecule has 0 saturated carbocycles.